The Morgan fingerprint density at radius 1 is 1.21 bits per heavy atom. The zero-order valence-corrected chi connectivity index (χ0v) is 8.45. The van der Waals surface area contributed by atoms with Crippen LogP contribution in [0.25, 0.3) is 0 Å². The monoisotopic (exact) mass is 197 g/mol. The molecule has 4 saturated carbocycles. The van der Waals surface area contributed by atoms with Crippen LogP contribution >= 0.6 is 0 Å². The van der Waals surface area contributed by atoms with Crippen LogP contribution in [0.5, 0.6) is 0 Å². The van der Waals surface area contributed by atoms with Crippen molar-refractivity contribution in [2.45, 2.75) is 43.3 Å². The highest BCUT2D eigenvalue weighted by Crippen LogP contribution is 2.59. The Kier molecular flexibility index (Phi) is 1.64. The average molecular weight is 197 g/mol. The Morgan fingerprint density at radius 3 is 2.57 bits per heavy atom. The van der Waals surface area contributed by atoms with Gasteiger partial charge in [0.1, 0.15) is 0 Å². The molecule has 4 rings (SSSR count). The van der Waals surface area contributed by atoms with E-state index in [0.717, 1.165) is 19.3 Å². The maximum atomic E-state index is 10.5. The molecule has 4 fully saturated rings. The van der Waals surface area contributed by atoms with E-state index in [2.05, 4.69) is 0 Å². The highest BCUT2D eigenvalue weighted by Gasteiger charge is 2.61. The smallest absolute Gasteiger partial charge is 0.0720 e. The van der Waals surface area contributed by atoms with Crippen molar-refractivity contribution >= 4 is 0 Å². The summed E-state index contributed by atoms with van der Waals surface area (Å²) in [5, 5.41) is 20.8. The molecule has 1 unspecified atom stereocenters. The van der Waals surface area contributed by atoms with Crippen LogP contribution in [0.15, 0.2) is 0 Å². The second kappa shape index (κ2) is 2.52. The summed E-state index contributed by atoms with van der Waals surface area (Å²) in [5.41, 5.74) is 4.53. The maximum Gasteiger partial charge on any atom is 0.0720 e. The number of hydrogen-bond acceptors (Lipinski definition) is 3. The van der Waals surface area contributed by atoms with Crippen LogP contribution < -0.4 is 5.73 Å². The summed E-state index contributed by atoms with van der Waals surface area (Å²) >= 11 is 0. The Morgan fingerprint density at radius 2 is 2.00 bits per heavy atom. The molecule has 0 spiro atoms. The van der Waals surface area contributed by atoms with Gasteiger partial charge in [0.15, 0.2) is 0 Å². The predicted octanol–water partition coefficient (Wildman–Crippen LogP) is 0.247. The van der Waals surface area contributed by atoms with Crippen molar-refractivity contribution in [1.29, 1.82) is 0 Å². The Balaban J connectivity index is 1.98. The highest BCUT2D eigenvalue weighted by molar-refractivity contribution is 5.12. The minimum absolute atomic E-state index is 0.235. The fraction of sp³-hybridized carbons (Fsp3) is 1.00. The number of rotatable bonds is 1. The molecule has 4 aliphatic rings. The van der Waals surface area contributed by atoms with Crippen molar-refractivity contribution in [3.05, 3.63) is 0 Å². The van der Waals surface area contributed by atoms with Gasteiger partial charge in [0.25, 0.3) is 0 Å². The summed E-state index contributed by atoms with van der Waals surface area (Å²) in [4.78, 5) is 0. The van der Waals surface area contributed by atoms with Crippen molar-refractivity contribution in [3.8, 4) is 0 Å². The largest absolute Gasteiger partial charge is 0.390 e. The summed E-state index contributed by atoms with van der Waals surface area (Å²) in [6.45, 7) is 0.573. The number of aliphatic hydroxyl groups is 2. The Labute approximate surface area is 84.3 Å². The fourth-order valence-electron chi connectivity index (χ4n) is 4.58. The van der Waals surface area contributed by atoms with Crippen LogP contribution in [0.1, 0.15) is 32.1 Å². The first-order chi connectivity index (χ1) is 6.55. The molecule has 0 aliphatic heterocycles. The van der Waals surface area contributed by atoms with E-state index in [1.807, 2.05) is 0 Å². The van der Waals surface area contributed by atoms with Crippen molar-refractivity contribution in [3.63, 3.8) is 0 Å². The predicted molar refractivity (Wildman–Crippen MR) is 52.5 cm³/mol. The lowest BCUT2D eigenvalue weighted by molar-refractivity contribution is -0.228. The van der Waals surface area contributed by atoms with Crippen LogP contribution in [0.3, 0.4) is 0 Å². The number of nitrogens with two attached hydrogens (primary N) is 1. The van der Waals surface area contributed by atoms with Crippen molar-refractivity contribution in [2.24, 2.45) is 23.5 Å². The Hall–Kier alpha value is -0.120. The minimum Gasteiger partial charge on any atom is -0.390 e. The molecule has 0 aromatic carbocycles. The second-order valence-corrected chi connectivity index (χ2v) is 5.82. The van der Waals surface area contributed by atoms with Gasteiger partial charge in [-0.05, 0) is 44.1 Å². The first-order valence-electron chi connectivity index (χ1n) is 5.69. The molecule has 4 N–H and O–H groups in total. The van der Waals surface area contributed by atoms with Crippen molar-refractivity contribution < 1.29 is 10.2 Å². The van der Waals surface area contributed by atoms with E-state index in [-0.39, 0.29) is 5.92 Å². The summed E-state index contributed by atoms with van der Waals surface area (Å²) in [5.74, 6) is 1.25. The lowest BCUT2D eigenvalue weighted by Crippen LogP contribution is -2.65. The molecule has 5 atom stereocenters. The molecule has 0 heterocycles. The average Bonchev–Trinajstić information content (AvgIpc) is 1.97. The van der Waals surface area contributed by atoms with Crippen LogP contribution in [0.4, 0.5) is 0 Å². The van der Waals surface area contributed by atoms with E-state index in [9.17, 15) is 10.2 Å². The standard InChI is InChI=1S/C11H19NO2/c12-5-9-8-1-7-2-10(13,4-8)6-11(9,14)3-7/h7-9,13-14H,1-6,12H2/t7-,8?,9-,10-,11-/m1/s1. The van der Waals surface area contributed by atoms with Gasteiger partial charge >= 0.3 is 0 Å². The van der Waals surface area contributed by atoms with Crippen LogP contribution in [-0.2, 0) is 0 Å². The first-order valence-corrected chi connectivity index (χ1v) is 5.69. The van der Waals surface area contributed by atoms with Gasteiger partial charge in [0.05, 0.1) is 11.2 Å². The second-order valence-electron chi connectivity index (χ2n) is 5.82. The molecule has 0 aromatic heterocycles. The molecule has 3 heteroatoms. The van der Waals surface area contributed by atoms with E-state index in [1.54, 1.807) is 0 Å². The lowest BCUT2D eigenvalue weighted by Gasteiger charge is -2.61. The van der Waals surface area contributed by atoms with E-state index in [4.69, 9.17) is 5.73 Å². The minimum atomic E-state index is -0.645. The van der Waals surface area contributed by atoms with Gasteiger partial charge in [-0.3, -0.25) is 0 Å². The zero-order valence-electron chi connectivity index (χ0n) is 8.45. The van der Waals surface area contributed by atoms with Crippen LogP contribution in [0.2, 0.25) is 0 Å². The third kappa shape index (κ3) is 1.03. The van der Waals surface area contributed by atoms with Gasteiger partial charge in [0, 0.05) is 12.3 Å². The van der Waals surface area contributed by atoms with E-state index >= 15 is 0 Å². The molecule has 0 amide bonds. The first kappa shape index (κ1) is 9.13. The summed E-state index contributed by atoms with van der Waals surface area (Å²) in [7, 11) is 0. The molecule has 14 heavy (non-hydrogen) atoms. The third-order valence-electron chi connectivity index (χ3n) is 4.74. The molecule has 0 radical (unpaired) electrons. The van der Waals surface area contributed by atoms with Gasteiger partial charge in [-0.2, -0.15) is 0 Å². The summed E-state index contributed by atoms with van der Waals surface area (Å²) in [6.07, 6.45) is 4.38. The third-order valence-corrected chi connectivity index (χ3v) is 4.74. The van der Waals surface area contributed by atoms with Crippen LogP contribution in [-0.4, -0.2) is 28.0 Å². The normalized spacial score (nSPS) is 60.6. The Bertz CT molecular complexity index is 270. The van der Waals surface area contributed by atoms with Gasteiger partial charge in [-0.25, -0.2) is 0 Å². The quantitative estimate of drug-likeness (QED) is 0.564. The van der Waals surface area contributed by atoms with Gasteiger partial charge in [0.2, 0.25) is 0 Å². The van der Waals surface area contributed by atoms with Gasteiger partial charge in [-0.15, -0.1) is 0 Å². The topological polar surface area (TPSA) is 66.5 Å². The van der Waals surface area contributed by atoms with Gasteiger partial charge < -0.3 is 15.9 Å². The maximum absolute atomic E-state index is 10.5. The number of hydrogen-bond donors (Lipinski definition) is 3. The molecule has 4 aliphatic carbocycles. The highest BCUT2D eigenvalue weighted by atomic mass is 16.3. The lowest BCUT2D eigenvalue weighted by atomic mass is 9.48. The van der Waals surface area contributed by atoms with E-state index in [0.29, 0.717) is 24.8 Å². The summed E-state index contributed by atoms with van der Waals surface area (Å²) in [6, 6.07) is 0. The van der Waals surface area contributed by atoms with Crippen molar-refractivity contribution in [1.82, 2.24) is 0 Å². The molecule has 3 nitrogen and oxygen atoms in total. The van der Waals surface area contributed by atoms with Crippen molar-refractivity contribution in [2.75, 3.05) is 6.54 Å². The summed E-state index contributed by atoms with van der Waals surface area (Å²) < 4.78 is 0. The van der Waals surface area contributed by atoms with Crippen LogP contribution in [0, 0.1) is 17.8 Å². The molecule has 80 valence electrons. The SMILES string of the molecule is NC[C@@H]1C2C[C@@H]3C[C@@](O)(C2)C[C@]1(O)C3. The molecule has 0 saturated heterocycles. The molecular formula is C11H19NO2. The molecule has 4 bridgehead atoms. The van der Waals surface area contributed by atoms with Gasteiger partial charge in [-0.1, -0.05) is 0 Å². The zero-order chi connectivity index (χ0) is 9.97. The molecule has 0 aromatic rings. The van der Waals surface area contributed by atoms with E-state index < -0.39 is 11.2 Å². The fourth-order valence-corrected chi connectivity index (χ4v) is 4.58. The van der Waals surface area contributed by atoms with E-state index in [1.165, 1.54) is 6.42 Å². The molecular weight excluding hydrogens is 178 g/mol.